The Morgan fingerprint density at radius 1 is 1.33 bits per heavy atom. The molecule has 3 aromatic rings. The minimum Gasteiger partial charge on any atom is -0.474 e. The van der Waals surface area contributed by atoms with Crippen LogP contribution in [0.3, 0.4) is 0 Å². The van der Waals surface area contributed by atoms with Gasteiger partial charge in [0.05, 0.1) is 22.8 Å². The summed E-state index contributed by atoms with van der Waals surface area (Å²) in [7, 11) is 0.597. The van der Waals surface area contributed by atoms with Gasteiger partial charge in [0, 0.05) is 53.0 Å². The molecule has 36 heavy (non-hydrogen) atoms. The second kappa shape index (κ2) is 10.5. The largest absolute Gasteiger partial charge is 0.474 e. The number of nitrogens with one attached hydrogen (secondary N) is 2. The number of carbonyl (C=O) groups is 1. The van der Waals surface area contributed by atoms with Crippen molar-refractivity contribution in [1.82, 2.24) is 29.6 Å². The van der Waals surface area contributed by atoms with Gasteiger partial charge in [-0.1, -0.05) is 26.2 Å². The summed E-state index contributed by atoms with van der Waals surface area (Å²) >= 11 is 0. The Labute approximate surface area is 211 Å². The van der Waals surface area contributed by atoms with E-state index in [9.17, 15) is 10.1 Å². The van der Waals surface area contributed by atoms with E-state index in [2.05, 4.69) is 58.0 Å². The molecule has 1 aliphatic rings. The average molecular weight is 509 g/mol. The second-order valence-electron chi connectivity index (χ2n) is 10.2. The van der Waals surface area contributed by atoms with E-state index in [1.165, 1.54) is 6.08 Å². The molecule has 1 fully saturated rings. The molecule has 1 amide bonds. The summed E-state index contributed by atoms with van der Waals surface area (Å²) in [5, 5.41) is 20.6. The topological polar surface area (TPSA) is 132 Å². The van der Waals surface area contributed by atoms with Crippen LogP contribution < -0.4 is 15.4 Å². The predicted octanol–water partition coefficient (Wildman–Crippen LogP) is 3.30. The van der Waals surface area contributed by atoms with Crippen LogP contribution >= 0.6 is 0 Å². The lowest BCUT2D eigenvalue weighted by molar-refractivity contribution is -0.118. The van der Waals surface area contributed by atoms with Gasteiger partial charge in [-0.05, 0) is 12.1 Å². The van der Waals surface area contributed by atoms with Crippen molar-refractivity contribution in [2.75, 3.05) is 11.9 Å². The van der Waals surface area contributed by atoms with Gasteiger partial charge in [0.1, 0.15) is 18.9 Å². The summed E-state index contributed by atoms with van der Waals surface area (Å²) in [6.45, 7) is 11.3. The maximum Gasteiger partial charge on any atom is 0.243 e. The Morgan fingerprint density at radius 3 is 2.75 bits per heavy atom. The Hall–Kier alpha value is -3.69. The fraction of sp³-hybridized carbons (Fsp3) is 0.458. The van der Waals surface area contributed by atoms with Crippen LogP contribution in [-0.2, 0) is 23.3 Å². The van der Waals surface area contributed by atoms with E-state index in [1.54, 1.807) is 17.1 Å². The molecule has 12 heteroatoms. The zero-order valence-electron chi connectivity index (χ0n) is 21.1. The fourth-order valence-corrected chi connectivity index (χ4v) is 4.59. The van der Waals surface area contributed by atoms with E-state index < -0.39 is 8.07 Å². The Morgan fingerprint density at radius 2 is 2.11 bits per heavy atom. The number of hydrogen-bond donors (Lipinski definition) is 2. The molecule has 0 atom stereocenters. The summed E-state index contributed by atoms with van der Waals surface area (Å²) in [4.78, 5) is 20.9. The third-order valence-electron chi connectivity index (χ3n) is 5.90. The molecule has 4 rings (SSSR count). The Balaban J connectivity index is 1.61. The highest BCUT2D eigenvalue weighted by atomic mass is 28.3. The summed E-state index contributed by atoms with van der Waals surface area (Å²) in [6, 6.07) is 3.30. The molecule has 1 aliphatic carbocycles. The van der Waals surface area contributed by atoms with Crippen LogP contribution in [0, 0.1) is 11.3 Å². The van der Waals surface area contributed by atoms with Gasteiger partial charge in [-0.15, -0.1) is 0 Å². The number of fused-ring (bicyclic) bond motifs is 1. The molecule has 0 aliphatic heterocycles. The zero-order valence-corrected chi connectivity index (χ0v) is 22.1. The van der Waals surface area contributed by atoms with E-state index in [0.717, 1.165) is 11.7 Å². The first-order valence-corrected chi connectivity index (χ1v) is 15.6. The molecule has 3 heterocycles. The first kappa shape index (κ1) is 25.4. The summed E-state index contributed by atoms with van der Waals surface area (Å²) < 4.78 is 15.7. The fourth-order valence-electron chi connectivity index (χ4n) is 3.83. The van der Waals surface area contributed by atoms with Crippen molar-refractivity contribution in [3.05, 3.63) is 36.8 Å². The van der Waals surface area contributed by atoms with Crippen molar-refractivity contribution in [2.45, 2.75) is 57.4 Å². The molecule has 0 aromatic carbocycles. The number of carbonyl (C=O) groups excluding carboxylic acids is 1. The van der Waals surface area contributed by atoms with Crippen LogP contribution in [-0.4, -0.2) is 57.0 Å². The third kappa shape index (κ3) is 6.10. The summed E-state index contributed by atoms with van der Waals surface area (Å²) in [5.74, 6) is 0.443. The van der Waals surface area contributed by atoms with Crippen LogP contribution in [0.25, 0.3) is 11.0 Å². The van der Waals surface area contributed by atoms with E-state index in [-0.39, 0.29) is 24.8 Å². The highest BCUT2D eigenvalue weighted by Crippen LogP contribution is 2.34. The summed E-state index contributed by atoms with van der Waals surface area (Å²) in [6.07, 6.45) is 7.59. The van der Waals surface area contributed by atoms with Gasteiger partial charge in [0.25, 0.3) is 0 Å². The quantitative estimate of drug-likeness (QED) is 0.229. The normalized spacial score (nSPS) is 17.3. The molecule has 190 valence electrons. The predicted molar refractivity (Wildman–Crippen MR) is 139 cm³/mol. The number of ether oxygens (including phenoxy) is 2. The van der Waals surface area contributed by atoms with Crippen molar-refractivity contribution in [1.29, 1.82) is 5.26 Å². The second-order valence-corrected chi connectivity index (χ2v) is 15.8. The number of rotatable bonds is 11. The number of hydrogen-bond acceptors (Lipinski definition) is 8. The van der Waals surface area contributed by atoms with Crippen LogP contribution in [0.5, 0.6) is 5.88 Å². The molecule has 0 bridgehead atoms. The third-order valence-corrected chi connectivity index (χ3v) is 7.60. The maximum absolute atomic E-state index is 11.6. The highest BCUT2D eigenvalue weighted by molar-refractivity contribution is 6.76. The number of aryl methyl sites for hydroxylation is 1. The SMILES string of the molecule is C=CC(=O)NC1CC(Oc2nc(Nc3cnn(C)c3)nc3c2c(C#N)cn3COCC[Si](C)(C)C)C1. The van der Waals surface area contributed by atoms with Crippen LogP contribution in [0.15, 0.2) is 31.2 Å². The van der Waals surface area contributed by atoms with Crippen molar-refractivity contribution >= 4 is 36.7 Å². The molecule has 2 N–H and O–H groups in total. The average Bonchev–Trinajstić information content (AvgIpc) is 3.37. The van der Waals surface area contributed by atoms with E-state index in [1.807, 2.05) is 17.8 Å². The number of aromatic nitrogens is 5. The van der Waals surface area contributed by atoms with Gasteiger partial charge in [-0.25, -0.2) is 0 Å². The molecule has 0 spiro atoms. The first-order valence-electron chi connectivity index (χ1n) is 11.9. The van der Waals surface area contributed by atoms with Gasteiger partial charge in [0.2, 0.25) is 17.7 Å². The van der Waals surface area contributed by atoms with E-state index in [4.69, 9.17) is 9.47 Å². The van der Waals surface area contributed by atoms with Crippen molar-refractivity contribution in [3.8, 4) is 11.9 Å². The molecular weight excluding hydrogens is 476 g/mol. The first-order chi connectivity index (χ1) is 17.1. The van der Waals surface area contributed by atoms with Crippen LogP contribution in [0.4, 0.5) is 11.6 Å². The monoisotopic (exact) mass is 508 g/mol. The molecule has 1 saturated carbocycles. The van der Waals surface area contributed by atoms with Crippen LogP contribution in [0.2, 0.25) is 25.7 Å². The van der Waals surface area contributed by atoms with Gasteiger partial charge in [-0.2, -0.15) is 20.3 Å². The van der Waals surface area contributed by atoms with Crippen molar-refractivity contribution in [2.24, 2.45) is 7.05 Å². The molecule has 0 radical (unpaired) electrons. The minimum absolute atomic E-state index is 0.0191. The lowest BCUT2D eigenvalue weighted by Crippen LogP contribution is -2.48. The number of anilines is 2. The van der Waals surface area contributed by atoms with Crippen molar-refractivity contribution in [3.63, 3.8) is 0 Å². The van der Waals surface area contributed by atoms with E-state index in [0.29, 0.717) is 47.9 Å². The maximum atomic E-state index is 11.6. The lowest BCUT2D eigenvalue weighted by atomic mass is 9.89. The smallest absolute Gasteiger partial charge is 0.243 e. The Kier molecular flexibility index (Phi) is 7.42. The lowest BCUT2D eigenvalue weighted by Gasteiger charge is -2.35. The molecular formula is C24H32N8O3Si. The standard InChI is InChI=1S/C24H32N8O3Si/c1-6-20(33)27-17-9-19(10-17)35-23-21-16(11-25)13-32(15-34-7-8-36(3,4)5)22(21)29-24(30-23)28-18-12-26-31(2)14-18/h6,12-14,17,19H,1,7-10,15H2,2-5H3,(H,27,33)(H,28,29,30). The van der Waals surface area contributed by atoms with Gasteiger partial charge in [0.15, 0.2) is 5.65 Å². The van der Waals surface area contributed by atoms with Crippen LogP contribution in [0.1, 0.15) is 18.4 Å². The van der Waals surface area contributed by atoms with Gasteiger partial charge >= 0.3 is 0 Å². The van der Waals surface area contributed by atoms with E-state index >= 15 is 0 Å². The molecule has 11 nitrogen and oxygen atoms in total. The van der Waals surface area contributed by atoms with Crippen molar-refractivity contribution < 1.29 is 14.3 Å². The number of amides is 1. The number of nitrogens with zero attached hydrogens (tertiary/aromatic N) is 6. The van der Waals surface area contributed by atoms with Gasteiger partial charge < -0.3 is 24.7 Å². The number of nitriles is 1. The van der Waals surface area contributed by atoms with Gasteiger partial charge in [-0.3, -0.25) is 9.48 Å². The molecule has 0 unspecified atom stereocenters. The minimum atomic E-state index is -1.23. The molecule has 0 saturated heterocycles. The molecule has 3 aromatic heterocycles. The Bertz CT molecular complexity index is 1300. The highest BCUT2D eigenvalue weighted by Gasteiger charge is 2.33. The summed E-state index contributed by atoms with van der Waals surface area (Å²) in [5.41, 5.74) is 1.69. The zero-order chi connectivity index (χ0) is 25.9.